The summed E-state index contributed by atoms with van der Waals surface area (Å²) in [5.74, 6) is 1.52. The second kappa shape index (κ2) is 12.5. The molecule has 1 N–H and O–H groups in total. The number of rotatable bonds is 11. The Labute approximate surface area is 217 Å². The van der Waals surface area contributed by atoms with Crippen molar-refractivity contribution in [3.63, 3.8) is 0 Å². The van der Waals surface area contributed by atoms with Crippen LogP contribution in [0.15, 0.2) is 95.5 Å². The minimum Gasteiger partial charge on any atom is -0.491 e. The fraction of sp³-hybridized carbons (Fsp3) is 0.300. The molecule has 1 aliphatic heterocycles. The van der Waals surface area contributed by atoms with Gasteiger partial charge >= 0.3 is 0 Å². The number of anilines is 1. The molecule has 1 atom stereocenters. The van der Waals surface area contributed by atoms with Crippen LogP contribution in [0.4, 0.5) is 5.88 Å². The molecule has 1 unspecified atom stereocenters. The third kappa shape index (κ3) is 6.77. The van der Waals surface area contributed by atoms with E-state index in [0.717, 1.165) is 41.5 Å². The maximum atomic E-state index is 11.0. The number of aliphatic hydroxyl groups is 1. The van der Waals surface area contributed by atoms with Crippen LogP contribution in [0.3, 0.4) is 0 Å². The van der Waals surface area contributed by atoms with Crippen molar-refractivity contribution in [2.45, 2.75) is 19.2 Å². The van der Waals surface area contributed by atoms with Crippen molar-refractivity contribution < 1.29 is 19.1 Å². The number of nitrogens with zero attached hydrogens (tertiary/aromatic N) is 3. The molecule has 0 spiro atoms. The van der Waals surface area contributed by atoms with Gasteiger partial charge in [0, 0.05) is 38.3 Å². The first-order chi connectivity index (χ1) is 18.3. The molecule has 5 rings (SSSR count). The number of para-hydroxylation sites is 1. The molecular formula is C30H33N3O4. The van der Waals surface area contributed by atoms with Crippen LogP contribution in [0.25, 0.3) is 11.3 Å². The highest BCUT2D eigenvalue weighted by Crippen LogP contribution is 2.33. The Morgan fingerprint density at radius 1 is 0.865 bits per heavy atom. The van der Waals surface area contributed by atoms with Crippen molar-refractivity contribution in [1.29, 1.82) is 0 Å². The number of morpholine rings is 1. The molecule has 1 fully saturated rings. The van der Waals surface area contributed by atoms with Gasteiger partial charge in [-0.2, -0.15) is 0 Å². The third-order valence-corrected chi connectivity index (χ3v) is 6.40. The van der Waals surface area contributed by atoms with Crippen LogP contribution in [-0.2, 0) is 17.8 Å². The molecule has 0 aliphatic carbocycles. The number of aliphatic hydroxyl groups excluding tert-OH is 1. The molecule has 37 heavy (non-hydrogen) atoms. The predicted octanol–water partition coefficient (Wildman–Crippen LogP) is 4.62. The first-order valence-electron chi connectivity index (χ1n) is 12.7. The zero-order valence-corrected chi connectivity index (χ0v) is 20.9. The van der Waals surface area contributed by atoms with Gasteiger partial charge in [-0.3, -0.25) is 4.90 Å². The van der Waals surface area contributed by atoms with E-state index in [2.05, 4.69) is 39.2 Å². The molecule has 1 aromatic heterocycles. The Balaban J connectivity index is 1.40. The summed E-state index contributed by atoms with van der Waals surface area (Å²) in [6.07, 6.45) is -0.671. The van der Waals surface area contributed by atoms with E-state index in [-0.39, 0.29) is 6.61 Å². The molecule has 2 heterocycles. The van der Waals surface area contributed by atoms with E-state index in [4.69, 9.17) is 14.0 Å². The summed E-state index contributed by atoms with van der Waals surface area (Å²) >= 11 is 0. The summed E-state index contributed by atoms with van der Waals surface area (Å²) in [6, 6.07) is 30.0. The van der Waals surface area contributed by atoms with E-state index in [1.54, 1.807) is 0 Å². The van der Waals surface area contributed by atoms with Gasteiger partial charge in [0.05, 0.1) is 18.8 Å². The Morgan fingerprint density at radius 3 is 2.22 bits per heavy atom. The van der Waals surface area contributed by atoms with Gasteiger partial charge in [0.1, 0.15) is 24.2 Å². The zero-order chi connectivity index (χ0) is 25.3. The summed E-state index contributed by atoms with van der Waals surface area (Å²) in [5, 5.41) is 15.5. The van der Waals surface area contributed by atoms with Gasteiger partial charge in [0.2, 0.25) is 5.88 Å². The molecule has 4 aromatic rings. The zero-order valence-electron chi connectivity index (χ0n) is 20.9. The van der Waals surface area contributed by atoms with Crippen LogP contribution < -0.4 is 9.64 Å². The fourth-order valence-corrected chi connectivity index (χ4v) is 4.59. The normalized spacial score (nSPS) is 14.6. The fourth-order valence-electron chi connectivity index (χ4n) is 4.59. The first kappa shape index (κ1) is 25.0. The number of ether oxygens (including phenoxy) is 2. The monoisotopic (exact) mass is 499 g/mol. The van der Waals surface area contributed by atoms with Crippen LogP contribution in [0.2, 0.25) is 0 Å². The average molecular weight is 500 g/mol. The average Bonchev–Trinajstić information content (AvgIpc) is 3.37. The number of hydrogen-bond acceptors (Lipinski definition) is 7. The lowest BCUT2D eigenvalue weighted by molar-refractivity contribution is 0.0628. The quantitative estimate of drug-likeness (QED) is 0.323. The lowest BCUT2D eigenvalue weighted by Crippen LogP contribution is -2.38. The largest absolute Gasteiger partial charge is 0.491 e. The van der Waals surface area contributed by atoms with E-state index in [9.17, 15) is 5.11 Å². The first-order valence-corrected chi connectivity index (χ1v) is 12.7. The Hall–Kier alpha value is -3.65. The lowest BCUT2D eigenvalue weighted by atomic mass is 10.1. The van der Waals surface area contributed by atoms with Gasteiger partial charge in [-0.25, -0.2) is 0 Å². The van der Waals surface area contributed by atoms with Gasteiger partial charge in [-0.1, -0.05) is 84.0 Å². The van der Waals surface area contributed by atoms with Gasteiger partial charge in [0.25, 0.3) is 0 Å². The van der Waals surface area contributed by atoms with Crippen LogP contribution >= 0.6 is 0 Å². The van der Waals surface area contributed by atoms with Gasteiger partial charge in [0.15, 0.2) is 0 Å². The summed E-state index contributed by atoms with van der Waals surface area (Å²) in [4.78, 5) is 4.44. The molecule has 1 aliphatic rings. The number of hydrogen-bond donors (Lipinski definition) is 1. The number of aromatic nitrogens is 1. The predicted molar refractivity (Wildman–Crippen MR) is 143 cm³/mol. The van der Waals surface area contributed by atoms with Crippen molar-refractivity contribution in [2.24, 2.45) is 0 Å². The van der Waals surface area contributed by atoms with Crippen LogP contribution in [0, 0.1) is 0 Å². The summed E-state index contributed by atoms with van der Waals surface area (Å²) < 4.78 is 17.4. The smallest absolute Gasteiger partial charge is 0.232 e. The van der Waals surface area contributed by atoms with Crippen LogP contribution in [-0.4, -0.2) is 60.7 Å². The van der Waals surface area contributed by atoms with Crippen LogP contribution in [0.5, 0.6) is 5.75 Å². The molecule has 0 amide bonds. The van der Waals surface area contributed by atoms with Gasteiger partial charge < -0.3 is 24.0 Å². The lowest BCUT2D eigenvalue weighted by Gasteiger charge is -2.29. The van der Waals surface area contributed by atoms with Crippen molar-refractivity contribution >= 4 is 5.88 Å². The van der Waals surface area contributed by atoms with E-state index in [1.807, 2.05) is 66.7 Å². The highest BCUT2D eigenvalue weighted by atomic mass is 16.5. The molecule has 0 radical (unpaired) electrons. The molecule has 0 saturated carbocycles. The highest BCUT2D eigenvalue weighted by Gasteiger charge is 2.26. The van der Waals surface area contributed by atoms with E-state index in [0.29, 0.717) is 32.8 Å². The number of benzene rings is 3. The maximum absolute atomic E-state index is 11.0. The molecule has 1 saturated heterocycles. The highest BCUT2D eigenvalue weighted by molar-refractivity contribution is 5.68. The molecule has 7 nitrogen and oxygen atoms in total. The van der Waals surface area contributed by atoms with Crippen molar-refractivity contribution in [3.8, 4) is 17.0 Å². The molecular weight excluding hydrogens is 466 g/mol. The standard InChI is InChI=1S/C30H33N3O4/c34-26(23-36-27-14-8-3-9-15-27)21-32(20-24-10-4-1-5-11-24)22-28-29(25-12-6-2-7-13-25)31-37-30(28)33-16-18-35-19-17-33/h1-15,26,34H,16-23H2. The summed E-state index contributed by atoms with van der Waals surface area (Å²) in [5.41, 5.74) is 4.02. The summed E-state index contributed by atoms with van der Waals surface area (Å²) in [7, 11) is 0. The van der Waals surface area contributed by atoms with Gasteiger partial charge in [-0.15, -0.1) is 0 Å². The minimum absolute atomic E-state index is 0.209. The van der Waals surface area contributed by atoms with Gasteiger partial charge in [-0.05, 0) is 17.7 Å². The minimum atomic E-state index is -0.671. The second-order valence-electron chi connectivity index (χ2n) is 9.21. The molecule has 192 valence electrons. The van der Waals surface area contributed by atoms with E-state index < -0.39 is 6.10 Å². The Morgan fingerprint density at radius 2 is 1.51 bits per heavy atom. The van der Waals surface area contributed by atoms with E-state index >= 15 is 0 Å². The third-order valence-electron chi connectivity index (χ3n) is 6.40. The van der Waals surface area contributed by atoms with Crippen molar-refractivity contribution in [2.75, 3.05) is 44.4 Å². The van der Waals surface area contributed by atoms with Crippen LogP contribution in [0.1, 0.15) is 11.1 Å². The molecule has 0 bridgehead atoms. The van der Waals surface area contributed by atoms with E-state index in [1.165, 1.54) is 5.56 Å². The maximum Gasteiger partial charge on any atom is 0.232 e. The molecule has 3 aromatic carbocycles. The van der Waals surface area contributed by atoms with Crippen molar-refractivity contribution in [3.05, 3.63) is 102 Å². The second-order valence-corrected chi connectivity index (χ2v) is 9.21. The molecule has 7 heteroatoms. The SMILES string of the molecule is OC(COc1ccccc1)CN(Cc1ccccc1)Cc1c(-c2ccccc2)noc1N1CCOCC1. The Kier molecular flexibility index (Phi) is 8.48. The summed E-state index contributed by atoms with van der Waals surface area (Å²) in [6.45, 7) is 4.70. The topological polar surface area (TPSA) is 71.2 Å². The van der Waals surface area contributed by atoms with Crippen molar-refractivity contribution in [1.82, 2.24) is 10.1 Å². The Bertz CT molecular complexity index is 1210.